The average molecular weight is 456 g/mol. The minimum absolute atomic E-state index is 0.0579. The Kier molecular flexibility index (Phi) is 5.13. The number of fused-ring (bicyclic) bond motifs is 1. The summed E-state index contributed by atoms with van der Waals surface area (Å²) in [6.07, 6.45) is 5.31. The molecule has 9 nitrogen and oxygen atoms in total. The molecule has 5 rings (SSSR count). The van der Waals surface area contributed by atoms with Crippen LogP contribution in [0.5, 0.6) is 0 Å². The van der Waals surface area contributed by atoms with Gasteiger partial charge in [0.25, 0.3) is 5.91 Å². The minimum atomic E-state index is -3.42. The van der Waals surface area contributed by atoms with Gasteiger partial charge in [0.2, 0.25) is 0 Å². The Morgan fingerprint density at radius 3 is 2.66 bits per heavy atom. The average Bonchev–Trinajstić information content (AvgIpc) is 3.38. The van der Waals surface area contributed by atoms with E-state index >= 15 is 0 Å². The monoisotopic (exact) mass is 455 g/mol. The zero-order chi connectivity index (χ0) is 22.3. The number of sulfone groups is 1. The van der Waals surface area contributed by atoms with E-state index in [1.807, 2.05) is 17.2 Å². The number of carbonyl (C=O) groups excluding carboxylic acids is 1. The predicted molar refractivity (Wildman–Crippen MR) is 119 cm³/mol. The van der Waals surface area contributed by atoms with E-state index in [1.165, 1.54) is 19.2 Å². The number of piperazine rings is 1. The number of rotatable bonds is 6. The van der Waals surface area contributed by atoms with Crippen molar-refractivity contribution in [1.82, 2.24) is 19.9 Å². The Morgan fingerprint density at radius 1 is 1.16 bits per heavy atom. The van der Waals surface area contributed by atoms with Crippen molar-refractivity contribution in [2.75, 3.05) is 44.0 Å². The fourth-order valence-corrected chi connectivity index (χ4v) is 5.60. The molecule has 1 aliphatic carbocycles. The Balaban J connectivity index is 1.33. The number of nitrogens with zero attached hydrogens (tertiary/aromatic N) is 4. The Labute approximate surface area is 186 Å². The summed E-state index contributed by atoms with van der Waals surface area (Å²) >= 11 is 0. The smallest absolute Gasteiger partial charge is 0.254 e. The zero-order valence-electron chi connectivity index (χ0n) is 17.8. The molecule has 0 unspecified atom stereocenters. The molecule has 32 heavy (non-hydrogen) atoms. The number of H-pyrrole nitrogens is 1. The van der Waals surface area contributed by atoms with Gasteiger partial charge >= 0.3 is 0 Å². The molecule has 1 amide bonds. The van der Waals surface area contributed by atoms with Crippen LogP contribution in [0.1, 0.15) is 23.2 Å². The lowest BCUT2D eigenvalue weighted by Gasteiger charge is -2.42. The van der Waals surface area contributed by atoms with Gasteiger partial charge in [0.05, 0.1) is 28.2 Å². The van der Waals surface area contributed by atoms with Crippen molar-refractivity contribution in [3.63, 3.8) is 0 Å². The molecule has 0 radical (unpaired) electrons. The first-order chi connectivity index (χ1) is 15.4. The van der Waals surface area contributed by atoms with Crippen molar-refractivity contribution in [2.45, 2.75) is 23.3 Å². The normalized spacial score (nSPS) is 17.8. The molecule has 1 aromatic carbocycles. The van der Waals surface area contributed by atoms with Crippen LogP contribution in [-0.4, -0.2) is 78.8 Å². The third-order valence-electron chi connectivity index (χ3n) is 6.37. The topological polar surface area (TPSA) is 108 Å². The summed E-state index contributed by atoms with van der Waals surface area (Å²) in [4.78, 5) is 29.6. The number of hydrogen-bond acceptors (Lipinski definition) is 7. The number of aromatic amines is 1. The maximum atomic E-state index is 13.3. The number of amides is 1. The van der Waals surface area contributed by atoms with E-state index < -0.39 is 9.84 Å². The molecule has 3 heterocycles. The second-order valence-electron chi connectivity index (χ2n) is 8.38. The second kappa shape index (κ2) is 7.86. The molecule has 1 aliphatic heterocycles. The summed E-state index contributed by atoms with van der Waals surface area (Å²) in [5, 5.41) is 0.980. The molecule has 168 valence electrons. The molecule has 2 aromatic heterocycles. The van der Waals surface area contributed by atoms with E-state index in [0.29, 0.717) is 18.7 Å². The maximum absolute atomic E-state index is 13.3. The lowest BCUT2D eigenvalue weighted by molar-refractivity contribution is 0.0624. The highest BCUT2D eigenvalue weighted by Gasteiger charge is 2.53. The molecule has 0 bridgehead atoms. The van der Waals surface area contributed by atoms with Crippen LogP contribution in [0.15, 0.2) is 47.8 Å². The fourth-order valence-electron chi connectivity index (χ4n) is 4.43. The molecule has 1 saturated heterocycles. The number of carbonyl (C=O) groups is 1. The predicted octanol–water partition coefficient (Wildman–Crippen LogP) is 1.87. The molecule has 0 atom stereocenters. The molecule has 10 heteroatoms. The first-order valence-corrected chi connectivity index (χ1v) is 12.3. The lowest BCUT2D eigenvalue weighted by Crippen LogP contribution is -2.57. The summed E-state index contributed by atoms with van der Waals surface area (Å²) in [5.74, 6) is 0.747. The van der Waals surface area contributed by atoms with E-state index in [0.717, 1.165) is 36.2 Å². The van der Waals surface area contributed by atoms with Crippen LogP contribution < -0.4 is 4.90 Å². The van der Waals surface area contributed by atoms with Gasteiger partial charge in [-0.2, -0.15) is 0 Å². The molecular weight excluding hydrogens is 430 g/mol. The number of nitrogens with one attached hydrogen (secondary N) is 1. The van der Waals surface area contributed by atoms with Crippen molar-refractivity contribution in [3.8, 4) is 0 Å². The van der Waals surface area contributed by atoms with Crippen LogP contribution in [-0.2, 0) is 14.6 Å². The third-order valence-corrected chi connectivity index (χ3v) is 8.07. The van der Waals surface area contributed by atoms with E-state index in [4.69, 9.17) is 4.74 Å². The van der Waals surface area contributed by atoms with Crippen molar-refractivity contribution < 1.29 is 17.9 Å². The van der Waals surface area contributed by atoms with Crippen LogP contribution in [0.2, 0.25) is 0 Å². The van der Waals surface area contributed by atoms with Crippen LogP contribution in [0.25, 0.3) is 11.0 Å². The van der Waals surface area contributed by atoms with Crippen LogP contribution in [0.3, 0.4) is 0 Å². The summed E-state index contributed by atoms with van der Waals surface area (Å²) < 4.78 is 29.6. The second-order valence-corrected chi connectivity index (χ2v) is 10.5. The van der Waals surface area contributed by atoms with Gasteiger partial charge in [-0.3, -0.25) is 4.79 Å². The maximum Gasteiger partial charge on any atom is 0.254 e. The number of ether oxygens (including phenoxy) is 1. The Morgan fingerprint density at radius 2 is 1.94 bits per heavy atom. The molecule has 1 N–H and O–H groups in total. The number of methoxy groups -OCH3 is 1. The van der Waals surface area contributed by atoms with Gasteiger partial charge in [0.15, 0.2) is 9.84 Å². The molecular formula is C22H25N5O4S. The lowest BCUT2D eigenvalue weighted by atomic mass is 10.1. The van der Waals surface area contributed by atoms with Crippen LogP contribution >= 0.6 is 0 Å². The quantitative estimate of drug-likeness (QED) is 0.604. The molecule has 2 fully saturated rings. The summed E-state index contributed by atoms with van der Waals surface area (Å²) in [6, 6.07) is 8.22. The number of benzene rings is 1. The van der Waals surface area contributed by atoms with Crippen LogP contribution in [0.4, 0.5) is 5.82 Å². The molecule has 2 aliphatic rings. The fraction of sp³-hybridized carbons (Fsp3) is 0.409. The summed E-state index contributed by atoms with van der Waals surface area (Å²) in [5.41, 5.74) is 1.11. The SMILES string of the molecule is COCCS(=O)(=O)c1ccc(C(=O)N2CCN(c3ncnc4[nH]ccc34)CC23CC3)cc1. The summed E-state index contributed by atoms with van der Waals surface area (Å²) in [7, 11) is -1.95. The van der Waals surface area contributed by atoms with Gasteiger partial charge in [-0.05, 0) is 43.2 Å². The molecule has 3 aromatic rings. The summed E-state index contributed by atoms with van der Waals surface area (Å²) in [6.45, 7) is 2.12. The van der Waals surface area contributed by atoms with E-state index in [2.05, 4.69) is 19.9 Å². The van der Waals surface area contributed by atoms with Crippen molar-refractivity contribution in [1.29, 1.82) is 0 Å². The standard InChI is InChI=1S/C22H25N5O4S/c1-31-12-13-32(29,30)17-4-2-16(3-5-17)21(28)27-11-10-26(14-22(27)7-8-22)20-18-6-9-23-19(18)24-15-25-20/h2-6,9,15H,7-8,10-14H2,1H3,(H,23,24,25). The van der Waals surface area contributed by atoms with Crippen molar-refractivity contribution in [3.05, 3.63) is 48.4 Å². The van der Waals surface area contributed by atoms with Gasteiger partial charge in [-0.1, -0.05) is 0 Å². The first-order valence-electron chi connectivity index (χ1n) is 10.6. The zero-order valence-corrected chi connectivity index (χ0v) is 18.6. The number of anilines is 1. The van der Waals surface area contributed by atoms with Crippen LogP contribution in [0, 0.1) is 0 Å². The Hall–Kier alpha value is -2.98. The number of hydrogen-bond donors (Lipinski definition) is 1. The third kappa shape index (κ3) is 3.63. The van der Waals surface area contributed by atoms with Gasteiger partial charge in [-0.15, -0.1) is 0 Å². The highest BCUT2D eigenvalue weighted by Crippen LogP contribution is 2.46. The van der Waals surface area contributed by atoms with Crippen molar-refractivity contribution >= 4 is 32.6 Å². The first kappa shape index (κ1) is 20.9. The minimum Gasteiger partial charge on any atom is -0.384 e. The highest BCUT2D eigenvalue weighted by molar-refractivity contribution is 7.91. The number of aromatic nitrogens is 3. The van der Waals surface area contributed by atoms with Gasteiger partial charge in [-0.25, -0.2) is 18.4 Å². The van der Waals surface area contributed by atoms with E-state index in [9.17, 15) is 13.2 Å². The molecule has 1 spiro atoms. The highest BCUT2D eigenvalue weighted by atomic mass is 32.2. The van der Waals surface area contributed by atoms with E-state index in [-0.39, 0.29) is 28.7 Å². The van der Waals surface area contributed by atoms with Gasteiger partial charge in [0, 0.05) is 38.5 Å². The largest absolute Gasteiger partial charge is 0.384 e. The van der Waals surface area contributed by atoms with Gasteiger partial charge < -0.3 is 19.5 Å². The van der Waals surface area contributed by atoms with E-state index in [1.54, 1.807) is 18.5 Å². The molecule has 1 saturated carbocycles. The van der Waals surface area contributed by atoms with Crippen molar-refractivity contribution in [2.24, 2.45) is 0 Å². The Bertz CT molecular complexity index is 1250. The van der Waals surface area contributed by atoms with Gasteiger partial charge in [0.1, 0.15) is 17.8 Å².